The van der Waals surface area contributed by atoms with Crippen LogP contribution >= 0.6 is 0 Å². The van der Waals surface area contributed by atoms with Crippen LogP contribution in [0.3, 0.4) is 0 Å². The smallest absolute Gasteiger partial charge is 0.203 e. The van der Waals surface area contributed by atoms with Crippen LogP contribution in [0, 0.1) is 5.92 Å². The third-order valence-corrected chi connectivity index (χ3v) is 2.75. The van der Waals surface area contributed by atoms with Gasteiger partial charge in [0.2, 0.25) is 5.95 Å². The highest BCUT2D eigenvalue weighted by atomic mass is 15.2. The number of nitrogens with one attached hydrogen (secondary N) is 1. The Hall–Kier alpha value is -0.990. The summed E-state index contributed by atoms with van der Waals surface area (Å²) >= 11 is 0. The van der Waals surface area contributed by atoms with Crippen LogP contribution in [0.4, 0.5) is 5.95 Å². The molecule has 0 amide bonds. The van der Waals surface area contributed by atoms with Crippen molar-refractivity contribution in [3.05, 3.63) is 12.4 Å². The van der Waals surface area contributed by atoms with Gasteiger partial charge in [-0.1, -0.05) is 27.7 Å². The van der Waals surface area contributed by atoms with E-state index in [1.54, 1.807) is 0 Å². The first kappa shape index (κ1) is 12.1. The Morgan fingerprint density at radius 2 is 2.13 bits per heavy atom. The average molecular weight is 209 g/mol. The van der Waals surface area contributed by atoms with Crippen LogP contribution in [0.2, 0.25) is 0 Å². The van der Waals surface area contributed by atoms with Crippen LogP contribution in [0.5, 0.6) is 0 Å². The molecule has 0 radical (unpaired) electrons. The molecule has 3 heteroatoms. The fourth-order valence-electron chi connectivity index (χ4n) is 1.94. The zero-order chi connectivity index (χ0) is 11.3. The summed E-state index contributed by atoms with van der Waals surface area (Å²) in [7, 11) is 0. The molecule has 0 saturated heterocycles. The van der Waals surface area contributed by atoms with Crippen molar-refractivity contribution in [3.8, 4) is 0 Å². The number of imidazole rings is 1. The monoisotopic (exact) mass is 209 g/mol. The predicted molar refractivity (Wildman–Crippen MR) is 65.2 cm³/mol. The lowest BCUT2D eigenvalue weighted by atomic mass is 10.0. The molecule has 1 aromatic rings. The van der Waals surface area contributed by atoms with Gasteiger partial charge in [-0.05, 0) is 18.8 Å². The van der Waals surface area contributed by atoms with Crippen molar-refractivity contribution in [2.75, 3.05) is 11.9 Å². The molecular formula is C12H23N3. The molecule has 15 heavy (non-hydrogen) atoms. The van der Waals surface area contributed by atoms with Crippen molar-refractivity contribution in [2.24, 2.45) is 5.92 Å². The molecule has 0 aliphatic rings. The van der Waals surface area contributed by atoms with Crippen molar-refractivity contribution in [2.45, 2.75) is 46.6 Å². The van der Waals surface area contributed by atoms with E-state index in [2.05, 4.69) is 48.8 Å². The topological polar surface area (TPSA) is 29.9 Å². The van der Waals surface area contributed by atoms with Crippen molar-refractivity contribution in [1.82, 2.24) is 9.55 Å². The first-order valence-corrected chi connectivity index (χ1v) is 5.97. The molecule has 0 aliphatic carbocycles. The molecule has 86 valence electrons. The van der Waals surface area contributed by atoms with Crippen molar-refractivity contribution in [3.63, 3.8) is 0 Å². The summed E-state index contributed by atoms with van der Waals surface area (Å²) < 4.78 is 2.26. The van der Waals surface area contributed by atoms with Gasteiger partial charge in [0.05, 0.1) is 0 Å². The second-order valence-corrected chi connectivity index (χ2v) is 4.30. The van der Waals surface area contributed by atoms with Crippen molar-refractivity contribution < 1.29 is 0 Å². The fourth-order valence-corrected chi connectivity index (χ4v) is 1.94. The summed E-state index contributed by atoms with van der Waals surface area (Å²) in [6.45, 7) is 9.91. The van der Waals surface area contributed by atoms with E-state index in [9.17, 15) is 0 Å². The minimum Gasteiger partial charge on any atom is -0.356 e. The average Bonchev–Trinajstić information content (AvgIpc) is 2.64. The molecule has 0 spiro atoms. The van der Waals surface area contributed by atoms with Crippen LogP contribution in [0.25, 0.3) is 0 Å². The van der Waals surface area contributed by atoms with Crippen molar-refractivity contribution in [1.29, 1.82) is 0 Å². The van der Waals surface area contributed by atoms with Gasteiger partial charge in [0.1, 0.15) is 0 Å². The summed E-state index contributed by atoms with van der Waals surface area (Å²) in [4.78, 5) is 4.36. The lowest BCUT2D eigenvalue weighted by Crippen LogP contribution is -2.17. The van der Waals surface area contributed by atoms with E-state index in [-0.39, 0.29) is 0 Å². The number of hydrogen-bond donors (Lipinski definition) is 1. The zero-order valence-corrected chi connectivity index (χ0v) is 10.3. The standard InChI is InChI=1S/C12H23N3/c1-5-7-13-12-14-8-9-15(12)11(6-2)10(3)4/h8-11H,5-7H2,1-4H3,(H,13,14). The molecule has 1 heterocycles. The van der Waals surface area contributed by atoms with Crippen LogP contribution in [-0.4, -0.2) is 16.1 Å². The largest absolute Gasteiger partial charge is 0.356 e. The zero-order valence-electron chi connectivity index (χ0n) is 10.3. The van der Waals surface area contributed by atoms with Gasteiger partial charge in [0.25, 0.3) is 0 Å². The van der Waals surface area contributed by atoms with Gasteiger partial charge >= 0.3 is 0 Å². The molecule has 3 nitrogen and oxygen atoms in total. The molecule has 0 saturated carbocycles. The highest BCUT2D eigenvalue weighted by molar-refractivity contribution is 5.26. The van der Waals surface area contributed by atoms with Crippen LogP contribution < -0.4 is 5.32 Å². The maximum absolute atomic E-state index is 4.36. The molecule has 0 aromatic carbocycles. The van der Waals surface area contributed by atoms with Gasteiger partial charge in [-0.3, -0.25) is 0 Å². The lowest BCUT2D eigenvalue weighted by molar-refractivity contribution is 0.369. The minimum atomic E-state index is 0.548. The van der Waals surface area contributed by atoms with Gasteiger partial charge < -0.3 is 9.88 Å². The molecule has 1 aromatic heterocycles. The fraction of sp³-hybridized carbons (Fsp3) is 0.750. The van der Waals surface area contributed by atoms with Gasteiger partial charge in [-0.2, -0.15) is 0 Å². The summed E-state index contributed by atoms with van der Waals surface area (Å²) in [5.74, 6) is 1.66. The Labute approximate surface area is 92.9 Å². The summed E-state index contributed by atoms with van der Waals surface area (Å²) in [5, 5.41) is 3.36. The van der Waals surface area contributed by atoms with Gasteiger partial charge in [0, 0.05) is 25.0 Å². The Morgan fingerprint density at radius 3 is 2.67 bits per heavy atom. The molecule has 1 unspecified atom stereocenters. The molecule has 0 bridgehead atoms. The number of anilines is 1. The van der Waals surface area contributed by atoms with Crippen LogP contribution in [0.1, 0.15) is 46.6 Å². The molecule has 1 rings (SSSR count). The van der Waals surface area contributed by atoms with Crippen molar-refractivity contribution >= 4 is 5.95 Å². The Morgan fingerprint density at radius 1 is 1.40 bits per heavy atom. The molecule has 1 N–H and O–H groups in total. The van der Waals surface area contributed by atoms with E-state index in [4.69, 9.17) is 0 Å². The first-order valence-electron chi connectivity index (χ1n) is 5.97. The molecule has 1 atom stereocenters. The Balaban J connectivity index is 2.77. The normalized spacial score (nSPS) is 13.1. The Kier molecular flexibility index (Phi) is 4.66. The maximum Gasteiger partial charge on any atom is 0.203 e. The van der Waals surface area contributed by atoms with E-state index < -0.39 is 0 Å². The van der Waals surface area contributed by atoms with Gasteiger partial charge in [-0.25, -0.2) is 4.98 Å². The van der Waals surface area contributed by atoms with E-state index in [1.165, 1.54) is 0 Å². The number of aromatic nitrogens is 2. The predicted octanol–water partition coefficient (Wildman–Crippen LogP) is 3.31. The maximum atomic E-state index is 4.36. The summed E-state index contributed by atoms with van der Waals surface area (Å²) in [6.07, 6.45) is 6.23. The minimum absolute atomic E-state index is 0.548. The van der Waals surface area contributed by atoms with E-state index in [0.717, 1.165) is 25.3 Å². The third kappa shape index (κ3) is 2.98. The second-order valence-electron chi connectivity index (χ2n) is 4.30. The highest BCUT2D eigenvalue weighted by Gasteiger charge is 2.15. The third-order valence-electron chi connectivity index (χ3n) is 2.75. The number of rotatable bonds is 6. The van der Waals surface area contributed by atoms with Crippen LogP contribution in [-0.2, 0) is 0 Å². The highest BCUT2D eigenvalue weighted by Crippen LogP contribution is 2.24. The van der Waals surface area contributed by atoms with E-state index >= 15 is 0 Å². The molecular weight excluding hydrogens is 186 g/mol. The quantitative estimate of drug-likeness (QED) is 0.779. The van der Waals surface area contributed by atoms with Gasteiger partial charge in [-0.15, -0.1) is 0 Å². The van der Waals surface area contributed by atoms with Crippen LogP contribution in [0.15, 0.2) is 12.4 Å². The van der Waals surface area contributed by atoms with E-state index in [0.29, 0.717) is 12.0 Å². The lowest BCUT2D eigenvalue weighted by Gasteiger charge is -2.23. The second kappa shape index (κ2) is 5.79. The Bertz CT molecular complexity index is 278. The number of hydrogen-bond acceptors (Lipinski definition) is 2. The van der Waals surface area contributed by atoms with E-state index in [1.807, 2.05) is 6.20 Å². The summed E-state index contributed by atoms with van der Waals surface area (Å²) in [5.41, 5.74) is 0. The van der Waals surface area contributed by atoms with Gasteiger partial charge in [0.15, 0.2) is 0 Å². The number of nitrogens with zero attached hydrogens (tertiary/aromatic N) is 2. The summed E-state index contributed by atoms with van der Waals surface area (Å²) in [6, 6.07) is 0.548. The molecule has 0 aliphatic heterocycles. The first-order chi connectivity index (χ1) is 7.20. The SMILES string of the molecule is CCCNc1nccn1C(CC)C(C)C. The molecule has 0 fully saturated rings.